The molecule has 0 bridgehead atoms. The van der Waals surface area contributed by atoms with Crippen molar-refractivity contribution in [2.24, 2.45) is 0 Å². The fraction of sp³-hybridized carbons (Fsp3) is 0.167. The molecule has 3 aromatic rings. The average molecular weight is 370 g/mol. The molecular weight excluding hydrogens is 348 g/mol. The number of carbonyl (C=O) groups is 2. The molecule has 0 saturated carbocycles. The number of hydrogen-bond donors (Lipinski definition) is 1. The van der Waals surface area contributed by atoms with E-state index in [1.165, 1.54) is 0 Å². The lowest BCUT2D eigenvalue weighted by molar-refractivity contribution is -0.121. The molecule has 4 heteroatoms. The molecule has 0 unspecified atom stereocenters. The predicted octanol–water partition coefficient (Wildman–Crippen LogP) is 3.82. The monoisotopic (exact) mass is 370 g/mol. The van der Waals surface area contributed by atoms with Gasteiger partial charge < -0.3 is 10.2 Å². The van der Waals surface area contributed by atoms with Crippen LogP contribution in [0, 0.1) is 0 Å². The molecule has 2 amide bonds. The Balaban J connectivity index is 1.34. The van der Waals surface area contributed by atoms with Gasteiger partial charge in [-0.2, -0.15) is 0 Å². The molecule has 4 rings (SSSR count). The van der Waals surface area contributed by atoms with Gasteiger partial charge in [-0.15, -0.1) is 0 Å². The summed E-state index contributed by atoms with van der Waals surface area (Å²) >= 11 is 0. The lowest BCUT2D eigenvalue weighted by Crippen LogP contribution is -2.38. The minimum Gasteiger partial charge on any atom is -0.351 e. The van der Waals surface area contributed by atoms with E-state index >= 15 is 0 Å². The summed E-state index contributed by atoms with van der Waals surface area (Å²) in [5.74, 6) is -0.0103. The van der Waals surface area contributed by atoms with E-state index in [0.717, 1.165) is 22.4 Å². The van der Waals surface area contributed by atoms with Crippen LogP contribution in [0.2, 0.25) is 0 Å². The Hall–Kier alpha value is -3.40. The van der Waals surface area contributed by atoms with Crippen molar-refractivity contribution in [3.63, 3.8) is 0 Å². The summed E-state index contributed by atoms with van der Waals surface area (Å²) in [6.07, 6.45) is 0.651. The number of rotatable bonds is 5. The number of nitrogens with one attached hydrogen (secondary N) is 1. The third-order valence-corrected chi connectivity index (χ3v) is 4.98. The Morgan fingerprint density at radius 3 is 2.14 bits per heavy atom. The maximum atomic E-state index is 12.4. The molecule has 1 heterocycles. The zero-order chi connectivity index (χ0) is 19.3. The second kappa shape index (κ2) is 8.09. The van der Waals surface area contributed by atoms with Crippen LogP contribution in [0.1, 0.15) is 12.0 Å². The Bertz CT molecular complexity index is 953. The first-order valence-corrected chi connectivity index (χ1v) is 9.48. The van der Waals surface area contributed by atoms with Crippen LogP contribution in [0.5, 0.6) is 0 Å². The van der Waals surface area contributed by atoms with Crippen molar-refractivity contribution in [3.8, 4) is 11.1 Å². The summed E-state index contributed by atoms with van der Waals surface area (Å²) in [7, 11) is 0. The van der Waals surface area contributed by atoms with Gasteiger partial charge in [-0.05, 0) is 28.8 Å². The van der Waals surface area contributed by atoms with Gasteiger partial charge in [0, 0.05) is 18.7 Å². The number of para-hydroxylation sites is 1. The van der Waals surface area contributed by atoms with Crippen LogP contribution in [0.15, 0.2) is 84.9 Å². The summed E-state index contributed by atoms with van der Waals surface area (Å²) in [6.45, 7) is 0.515. The average Bonchev–Trinajstić information content (AvgIpc) is 3.09. The first kappa shape index (κ1) is 18.0. The van der Waals surface area contributed by atoms with Crippen molar-refractivity contribution < 1.29 is 9.59 Å². The van der Waals surface area contributed by atoms with Crippen LogP contribution in [-0.2, 0) is 16.0 Å². The Morgan fingerprint density at radius 2 is 1.46 bits per heavy atom. The lowest BCUT2D eigenvalue weighted by Gasteiger charge is -2.17. The summed E-state index contributed by atoms with van der Waals surface area (Å²) in [6, 6.07) is 27.6. The van der Waals surface area contributed by atoms with Gasteiger partial charge in [0.1, 0.15) is 0 Å². The van der Waals surface area contributed by atoms with E-state index in [4.69, 9.17) is 0 Å². The van der Waals surface area contributed by atoms with Crippen molar-refractivity contribution in [2.45, 2.75) is 18.9 Å². The summed E-state index contributed by atoms with van der Waals surface area (Å²) < 4.78 is 0. The maximum absolute atomic E-state index is 12.4. The molecule has 0 aromatic heterocycles. The molecule has 1 N–H and O–H groups in total. The number of amides is 2. The third kappa shape index (κ3) is 4.12. The van der Waals surface area contributed by atoms with Gasteiger partial charge >= 0.3 is 0 Å². The zero-order valence-corrected chi connectivity index (χ0v) is 15.5. The van der Waals surface area contributed by atoms with E-state index in [9.17, 15) is 9.59 Å². The molecule has 0 radical (unpaired) electrons. The molecule has 28 heavy (non-hydrogen) atoms. The van der Waals surface area contributed by atoms with E-state index in [1.54, 1.807) is 4.90 Å². The quantitative estimate of drug-likeness (QED) is 0.742. The van der Waals surface area contributed by atoms with Crippen LogP contribution in [-0.4, -0.2) is 24.4 Å². The molecule has 1 aliphatic heterocycles. The van der Waals surface area contributed by atoms with Crippen LogP contribution in [0.4, 0.5) is 5.69 Å². The second-order valence-corrected chi connectivity index (χ2v) is 7.05. The van der Waals surface area contributed by atoms with Gasteiger partial charge in [0.25, 0.3) is 0 Å². The van der Waals surface area contributed by atoms with E-state index in [-0.39, 0.29) is 17.9 Å². The number of nitrogens with zero attached hydrogens (tertiary/aromatic N) is 1. The standard InChI is InChI=1S/C24H22N2O2/c27-23(15-18-11-13-20(14-12-18)19-7-3-1-4-8-19)25-21-16-24(28)26(17-21)22-9-5-2-6-10-22/h1-14,21H,15-17H2,(H,25,27)/t21-/m1/s1. The van der Waals surface area contributed by atoms with Crippen LogP contribution < -0.4 is 10.2 Å². The third-order valence-electron chi connectivity index (χ3n) is 4.98. The molecule has 0 spiro atoms. The number of carbonyl (C=O) groups excluding carboxylic acids is 2. The normalized spacial score (nSPS) is 16.2. The summed E-state index contributed by atoms with van der Waals surface area (Å²) in [5.41, 5.74) is 4.12. The highest BCUT2D eigenvalue weighted by molar-refractivity contribution is 5.96. The van der Waals surface area contributed by atoms with Gasteiger partial charge in [-0.1, -0.05) is 72.8 Å². The van der Waals surface area contributed by atoms with Gasteiger partial charge in [0.2, 0.25) is 11.8 Å². The van der Waals surface area contributed by atoms with Crippen molar-refractivity contribution >= 4 is 17.5 Å². The minimum atomic E-state index is -0.149. The smallest absolute Gasteiger partial charge is 0.229 e. The Morgan fingerprint density at radius 1 is 0.857 bits per heavy atom. The maximum Gasteiger partial charge on any atom is 0.229 e. The highest BCUT2D eigenvalue weighted by Crippen LogP contribution is 2.22. The minimum absolute atomic E-state index is 0.0451. The van der Waals surface area contributed by atoms with Gasteiger partial charge in [-0.25, -0.2) is 0 Å². The number of hydrogen-bond acceptors (Lipinski definition) is 2. The number of benzene rings is 3. The molecule has 1 atom stereocenters. The van der Waals surface area contributed by atoms with E-state index in [2.05, 4.69) is 17.4 Å². The van der Waals surface area contributed by atoms with Crippen LogP contribution >= 0.6 is 0 Å². The van der Waals surface area contributed by atoms with E-state index in [0.29, 0.717) is 19.4 Å². The fourth-order valence-corrected chi connectivity index (χ4v) is 3.57. The van der Waals surface area contributed by atoms with Crippen molar-refractivity contribution in [1.29, 1.82) is 0 Å². The first-order valence-electron chi connectivity index (χ1n) is 9.48. The predicted molar refractivity (Wildman–Crippen MR) is 111 cm³/mol. The molecule has 140 valence electrons. The SMILES string of the molecule is O=C(Cc1ccc(-c2ccccc2)cc1)N[C@@H]1CC(=O)N(c2ccccc2)C1. The summed E-state index contributed by atoms with van der Waals surface area (Å²) in [4.78, 5) is 26.4. The number of anilines is 1. The Kier molecular flexibility index (Phi) is 5.20. The molecule has 1 aliphatic rings. The van der Waals surface area contributed by atoms with Gasteiger partial charge in [0.15, 0.2) is 0 Å². The van der Waals surface area contributed by atoms with Gasteiger partial charge in [-0.3, -0.25) is 9.59 Å². The highest BCUT2D eigenvalue weighted by Gasteiger charge is 2.31. The van der Waals surface area contributed by atoms with Crippen molar-refractivity contribution in [3.05, 3.63) is 90.5 Å². The van der Waals surface area contributed by atoms with Crippen LogP contribution in [0.3, 0.4) is 0 Å². The molecule has 4 nitrogen and oxygen atoms in total. The Labute approximate surface area is 164 Å². The summed E-state index contributed by atoms with van der Waals surface area (Å²) in [5, 5.41) is 3.00. The molecule has 3 aromatic carbocycles. The van der Waals surface area contributed by atoms with E-state index in [1.807, 2.05) is 72.8 Å². The van der Waals surface area contributed by atoms with Crippen molar-refractivity contribution in [2.75, 3.05) is 11.4 Å². The van der Waals surface area contributed by atoms with Crippen LogP contribution in [0.25, 0.3) is 11.1 Å². The van der Waals surface area contributed by atoms with E-state index < -0.39 is 0 Å². The zero-order valence-electron chi connectivity index (χ0n) is 15.5. The molecular formula is C24H22N2O2. The fourth-order valence-electron chi connectivity index (χ4n) is 3.57. The molecule has 1 fully saturated rings. The molecule has 1 saturated heterocycles. The molecule has 0 aliphatic carbocycles. The second-order valence-electron chi connectivity index (χ2n) is 7.05. The van der Waals surface area contributed by atoms with Gasteiger partial charge in [0.05, 0.1) is 12.5 Å². The topological polar surface area (TPSA) is 49.4 Å². The first-order chi connectivity index (χ1) is 13.7. The lowest BCUT2D eigenvalue weighted by atomic mass is 10.0. The largest absolute Gasteiger partial charge is 0.351 e. The highest BCUT2D eigenvalue weighted by atomic mass is 16.2. The van der Waals surface area contributed by atoms with Crippen molar-refractivity contribution in [1.82, 2.24) is 5.32 Å².